The van der Waals surface area contributed by atoms with Crippen LogP contribution in [0.5, 0.6) is 23.0 Å². The molecular weight excluding hydrogens is 545 g/mol. The van der Waals surface area contributed by atoms with Gasteiger partial charge in [-0.1, -0.05) is 35.9 Å². The molecule has 39 heavy (non-hydrogen) atoms. The van der Waals surface area contributed by atoms with Gasteiger partial charge in [-0.15, -0.1) is 0 Å². The molecule has 1 atom stereocenters. The second-order valence-electron chi connectivity index (χ2n) is 8.50. The second-order valence-corrected chi connectivity index (χ2v) is 9.32. The fourth-order valence-corrected chi connectivity index (χ4v) is 4.65. The Bertz CT molecular complexity index is 1450. The predicted molar refractivity (Wildman–Crippen MR) is 151 cm³/mol. The van der Waals surface area contributed by atoms with Gasteiger partial charge in [-0.3, -0.25) is 4.79 Å². The number of thiocarbonyl (C=S) groups is 1. The van der Waals surface area contributed by atoms with Crippen LogP contribution in [0.1, 0.15) is 24.1 Å². The smallest absolute Gasteiger partial charge is 0.255 e. The Balaban J connectivity index is 1.63. The van der Waals surface area contributed by atoms with E-state index in [4.69, 9.17) is 42.8 Å². The molecule has 0 saturated heterocycles. The molecule has 0 saturated carbocycles. The molecule has 4 rings (SSSR count). The highest BCUT2D eigenvalue weighted by Gasteiger charge is 2.31. The van der Waals surface area contributed by atoms with Crippen molar-refractivity contribution < 1.29 is 28.1 Å². The summed E-state index contributed by atoms with van der Waals surface area (Å²) in [5, 5.41) is 9.76. The van der Waals surface area contributed by atoms with Gasteiger partial charge in [-0.25, -0.2) is 4.39 Å². The van der Waals surface area contributed by atoms with Crippen LogP contribution in [-0.2, 0) is 11.4 Å². The third kappa shape index (κ3) is 6.18. The number of allylic oxidation sites excluding steroid dienone is 1. The number of halogens is 2. The van der Waals surface area contributed by atoms with E-state index in [1.807, 2.05) is 0 Å². The van der Waals surface area contributed by atoms with Crippen molar-refractivity contribution >= 4 is 40.5 Å². The van der Waals surface area contributed by atoms with E-state index in [0.29, 0.717) is 61.2 Å². The number of anilines is 1. The van der Waals surface area contributed by atoms with E-state index in [0.717, 1.165) is 0 Å². The topological polar surface area (TPSA) is 90.1 Å². The summed E-state index contributed by atoms with van der Waals surface area (Å²) in [5.41, 5.74) is 2.45. The first-order valence-corrected chi connectivity index (χ1v) is 12.6. The van der Waals surface area contributed by atoms with Gasteiger partial charge in [-0.05, 0) is 42.9 Å². The summed E-state index contributed by atoms with van der Waals surface area (Å²) in [6, 6.07) is 14.2. The quantitative estimate of drug-likeness (QED) is 0.290. The van der Waals surface area contributed by atoms with Crippen LogP contribution < -0.4 is 34.9 Å². The van der Waals surface area contributed by atoms with Crippen LogP contribution in [-0.4, -0.2) is 32.3 Å². The van der Waals surface area contributed by atoms with Crippen molar-refractivity contribution in [3.63, 3.8) is 0 Å². The standard InChI is InChI=1S/C28H27ClFN3O5S/c1-15-25(27(34)32-20-13-22(35-2)18(29)12-23(20)36-3)26(33-28(39)31-15)16-9-10-21(24(11-16)37-4)38-14-17-7-5-6-8-19(17)30/h5-13,26H,14H2,1-4H3,(H,32,34)(H2,31,33,39)/t26-/m1/s1. The molecule has 0 fully saturated rings. The number of carbonyl (C=O) groups is 1. The Labute approximate surface area is 236 Å². The molecule has 204 valence electrons. The van der Waals surface area contributed by atoms with E-state index in [1.165, 1.54) is 27.4 Å². The molecule has 8 nitrogen and oxygen atoms in total. The van der Waals surface area contributed by atoms with Crippen molar-refractivity contribution in [2.45, 2.75) is 19.6 Å². The number of methoxy groups -OCH3 is 3. The second kappa shape index (κ2) is 12.2. The van der Waals surface area contributed by atoms with Gasteiger partial charge in [0.2, 0.25) is 0 Å². The van der Waals surface area contributed by atoms with Crippen LogP contribution in [0, 0.1) is 5.82 Å². The number of carbonyl (C=O) groups excluding carboxylic acids is 1. The first kappa shape index (κ1) is 28.0. The third-order valence-corrected chi connectivity index (χ3v) is 6.61. The van der Waals surface area contributed by atoms with Crippen LogP contribution in [0.25, 0.3) is 0 Å². The Hall–Kier alpha value is -4.02. The summed E-state index contributed by atoms with van der Waals surface area (Å²) in [6.07, 6.45) is 0. The van der Waals surface area contributed by atoms with E-state index >= 15 is 0 Å². The third-order valence-electron chi connectivity index (χ3n) is 6.10. The Morgan fingerprint density at radius 2 is 1.72 bits per heavy atom. The van der Waals surface area contributed by atoms with Crippen LogP contribution >= 0.6 is 23.8 Å². The SMILES string of the molecule is COc1cc(NC(=O)C2=C(C)NC(=S)N[C@@H]2c2ccc(OCc3ccccc3F)c(OC)c2)c(OC)cc1Cl. The molecule has 1 aliphatic heterocycles. The van der Waals surface area contributed by atoms with Gasteiger partial charge in [-0.2, -0.15) is 0 Å². The molecule has 1 heterocycles. The lowest BCUT2D eigenvalue weighted by Gasteiger charge is -2.31. The maximum Gasteiger partial charge on any atom is 0.255 e. The predicted octanol–water partition coefficient (Wildman–Crippen LogP) is 5.52. The minimum Gasteiger partial charge on any atom is -0.495 e. The number of hydrogen-bond acceptors (Lipinski definition) is 6. The minimum atomic E-state index is -0.617. The largest absolute Gasteiger partial charge is 0.495 e. The van der Waals surface area contributed by atoms with Crippen LogP contribution in [0.2, 0.25) is 5.02 Å². The number of rotatable bonds is 9. The van der Waals surface area contributed by atoms with E-state index in [2.05, 4.69) is 16.0 Å². The van der Waals surface area contributed by atoms with E-state index < -0.39 is 11.9 Å². The molecule has 3 N–H and O–H groups in total. The van der Waals surface area contributed by atoms with Crippen molar-refractivity contribution in [2.75, 3.05) is 26.6 Å². The van der Waals surface area contributed by atoms with Gasteiger partial charge in [0, 0.05) is 23.4 Å². The zero-order valence-corrected chi connectivity index (χ0v) is 23.3. The summed E-state index contributed by atoms with van der Waals surface area (Å²) in [6.45, 7) is 1.79. The zero-order chi connectivity index (χ0) is 28.1. The monoisotopic (exact) mass is 571 g/mol. The number of amides is 1. The Morgan fingerprint density at radius 3 is 2.41 bits per heavy atom. The maximum absolute atomic E-state index is 14.0. The number of benzene rings is 3. The lowest BCUT2D eigenvalue weighted by atomic mass is 9.94. The molecule has 0 aromatic heterocycles. The fourth-order valence-electron chi connectivity index (χ4n) is 4.15. The van der Waals surface area contributed by atoms with Gasteiger partial charge >= 0.3 is 0 Å². The highest BCUT2D eigenvalue weighted by molar-refractivity contribution is 7.80. The highest BCUT2D eigenvalue weighted by Crippen LogP contribution is 2.38. The van der Waals surface area contributed by atoms with Crippen LogP contribution in [0.15, 0.2) is 65.9 Å². The first-order valence-electron chi connectivity index (χ1n) is 11.8. The first-order chi connectivity index (χ1) is 18.7. The van der Waals surface area contributed by atoms with Gasteiger partial charge in [0.05, 0.1) is 43.7 Å². The maximum atomic E-state index is 14.0. The molecule has 1 amide bonds. The zero-order valence-electron chi connectivity index (χ0n) is 21.7. The van der Waals surface area contributed by atoms with E-state index in [9.17, 15) is 9.18 Å². The van der Waals surface area contributed by atoms with Crippen molar-refractivity contribution in [3.05, 3.63) is 87.8 Å². The average Bonchev–Trinajstić information content (AvgIpc) is 2.92. The van der Waals surface area contributed by atoms with Gasteiger partial charge in [0.1, 0.15) is 23.9 Å². The molecule has 0 bridgehead atoms. The molecule has 0 radical (unpaired) electrons. The molecular formula is C28H27ClFN3O5S. The van der Waals surface area contributed by atoms with Gasteiger partial charge < -0.3 is 34.9 Å². The molecule has 0 spiro atoms. The Kier molecular flexibility index (Phi) is 8.78. The lowest BCUT2D eigenvalue weighted by molar-refractivity contribution is -0.113. The molecule has 0 aliphatic carbocycles. The molecule has 1 aliphatic rings. The van der Waals surface area contributed by atoms with Crippen molar-refractivity contribution in [2.24, 2.45) is 0 Å². The number of ether oxygens (including phenoxy) is 4. The fraction of sp³-hybridized carbons (Fsp3) is 0.214. The van der Waals surface area contributed by atoms with Crippen molar-refractivity contribution in [3.8, 4) is 23.0 Å². The summed E-state index contributed by atoms with van der Waals surface area (Å²) >= 11 is 11.6. The van der Waals surface area contributed by atoms with E-state index in [-0.39, 0.29) is 12.4 Å². The van der Waals surface area contributed by atoms with Crippen LogP contribution in [0.3, 0.4) is 0 Å². The molecule has 3 aromatic carbocycles. The Morgan fingerprint density at radius 1 is 1.00 bits per heavy atom. The van der Waals surface area contributed by atoms with Gasteiger partial charge in [0.15, 0.2) is 16.6 Å². The molecule has 11 heteroatoms. The number of hydrogen-bond donors (Lipinski definition) is 3. The summed E-state index contributed by atoms with van der Waals surface area (Å²) in [7, 11) is 4.46. The molecule has 3 aromatic rings. The molecule has 0 unspecified atom stereocenters. The van der Waals surface area contributed by atoms with Crippen LogP contribution in [0.4, 0.5) is 10.1 Å². The number of nitrogens with one attached hydrogen (secondary N) is 3. The normalized spacial score (nSPS) is 14.7. The summed E-state index contributed by atoms with van der Waals surface area (Å²) in [5.74, 6) is 0.830. The highest BCUT2D eigenvalue weighted by atomic mass is 35.5. The van der Waals surface area contributed by atoms with Crippen molar-refractivity contribution in [1.82, 2.24) is 10.6 Å². The van der Waals surface area contributed by atoms with E-state index in [1.54, 1.807) is 55.5 Å². The lowest BCUT2D eigenvalue weighted by Crippen LogP contribution is -2.45. The minimum absolute atomic E-state index is 0.0249. The van der Waals surface area contributed by atoms with Crippen molar-refractivity contribution in [1.29, 1.82) is 0 Å². The summed E-state index contributed by atoms with van der Waals surface area (Å²) < 4.78 is 36.1. The summed E-state index contributed by atoms with van der Waals surface area (Å²) in [4.78, 5) is 13.6. The average molecular weight is 572 g/mol. The van der Waals surface area contributed by atoms with Gasteiger partial charge in [0.25, 0.3) is 5.91 Å².